The monoisotopic (exact) mass is 334 g/mol. The van der Waals surface area contributed by atoms with Gasteiger partial charge in [-0.1, -0.05) is 31.1 Å². The number of fused-ring (bicyclic) bond motifs is 2. The molecule has 2 heterocycles. The fraction of sp³-hybridized carbons (Fsp3) is 0.750. The summed E-state index contributed by atoms with van der Waals surface area (Å²) in [6.07, 6.45) is 6.32. The van der Waals surface area contributed by atoms with Gasteiger partial charge >= 0.3 is 5.97 Å². The van der Waals surface area contributed by atoms with E-state index in [0.29, 0.717) is 18.8 Å². The van der Waals surface area contributed by atoms with Gasteiger partial charge in [0, 0.05) is 24.8 Å². The summed E-state index contributed by atoms with van der Waals surface area (Å²) in [7, 11) is 0. The van der Waals surface area contributed by atoms with E-state index in [9.17, 15) is 9.90 Å². The number of esters is 1. The molecule has 1 aliphatic carbocycles. The summed E-state index contributed by atoms with van der Waals surface area (Å²) in [6, 6.07) is 0. The summed E-state index contributed by atoms with van der Waals surface area (Å²) >= 11 is 0. The molecule has 0 amide bonds. The zero-order valence-corrected chi connectivity index (χ0v) is 15.5. The lowest BCUT2D eigenvalue weighted by molar-refractivity contribution is -0.161. The third-order valence-corrected chi connectivity index (χ3v) is 5.97. The lowest BCUT2D eigenvalue weighted by atomic mass is 9.71. The quantitative estimate of drug-likeness (QED) is 0.453. The molecule has 5 atom stereocenters. The summed E-state index contributed by atoms with van der Waals surface area (Å²) < 4.78 is 11.8. The van der Waals surface area contributed by atoms with E-state index in [0.717, 1.165) is 12.8 Å². The van der Waals surface area contributed by atoms with Gasteiger partial charge in [-0.3, -0.25) is 0 Å². The van der Waals surface area contributed by atoms with Crippen molar-refractivity contribution in [1.82, 2.24) is 0 Å². The number of allylic oxidation sites excluding steroid dienone is 1. The fourth-order valence-corrected chi connectivity index (χ4v) is 4.50. The van der Waals surface area contributed by atoms with Crippen LogP contribution < -0.4 is 0 Å². The summed E-state index contributed by atoms with van der Waals surface area (Å²) in [6.45, 7) is 10.4. The molecule has 0 aromatic rings. The fourth-order valence-electron chi connectivity index (χ4n) is 4.50. The van der Waals surface area contributed by atoms with Gasteiger partial charge in [-0.05, 0) is 39.5 Å². The smallest absolute Gasteiger partial charge is 0.331 e. The maximum atomic E-state index is 12.2. The molecule has 0 bridgehead atoms. The third-order valence-electron chi connectivity index (χ3n) is 5.97. The van der Waals surface area contributed by atoms with Crippen LogP contribution >= 0.6 is 0 Å². The molecule has 3 rings (SSSR count). The Morgan fingerprint density at radius 1 is 1.25 bits per heavy atom. The minimum atomic E-state index is -0.538. The molecule has 1 saturated heterocycles. The summed E-state index contributed by atoms with van der Waals surface area (Å²) in [4.78, 5) is 12.2. The van der Waals surface area contributed by atoms with Crippen molar-refractivity contribution in [1.29, 1.82) is 0 Å². The highest BCUT2D eigenvalue weighted by Gasteiger charge is 2.58. The highest BCUT2D eigenvalue weighted by molar-refractivity contribution is 5.84. The van der Waals surface area contributed by atoms with Crippen molar-refractivity contribution in [2.45, 2.75) is 83.7 Å². The van der Waals surface area contributed by atoms with Crippen molar-refractivity contribution in [3.8, 4) is 0 Å². The van der Waals surface area contributed by atoms with E-state index >= 15 is 0 Å². The van der Waals surface area contributed by atoms with Crippen molar-refractivity contribution in [3.63, 3.8) is 0 Å². The van der Waals surface area contributed by atoms with E-state index in [1.165, 1.54) is 11.1 Å². The van der Waals surface area contributed by atoms with Crippen molar-refractivity contribution < 1.29 is 19.4 Å². The molecule has 0 aromatic carbocycles. The molecule has 1 N–H and O–H groups in total. The molecule has 0 aromatic heterocycles. The Kier molecular flexibility index (Phi) is 4.42. The van der Waals surface area contributed by atoms with Gasteiger partial charge in [-0.2, -0.15) is 0 Å². The number of carbonyl (C=O) groups is 1. The van der Waals surface area contributed by atoms with E-state index in [2.05, 4.69) is 27.7 Å². The number of rotatable bonds is 1. The van der Waals surface area contributed by atoms with Gasteiger partial charge in [-0.25, -0.2) is 4.79 Å². The molecule has 4 nitrogen and oxygen atoms in total. The molecule has 3 aliphatic rings. The summed E-state index contributed by atoms with van der Waals surface area (Å²) in [5.41, 5.74) is 1.51. The third kappa shape index (κ3) is 3.31. The van der Waals surface area contributed by atoms with E-state index in [1.54, 1.807) is 6.08 Å². The second-order valence-corrected chi connectivity index (χ2v) is 8.53. The van der Waals surface area contributed by atoms with Crippen LogP contribution in [0.3, 0.4) is 0 Å². The molecule has 24 heavy (non-hydrogen) atoms. The van der Waals surface area contributed by atoms with Crippen LogP contribution in [0.15, 0.2) is 23.3 Å². The number of epoxide rings is 1. The largest absolute Gasteiger partial charge is 0.455 e. The molecule has 1 fully saturated rings. The zero-order chi connectivity index (χ0) is 17.7. The van der Waals surface area contributed by atoms with Gasteiger partial charge in [0.2, 0.25) is 0 Å². The average molecular weight is 334 g/mol. The van der Waals surface area contributed by atoms with Gasteiger partial charge in [-0.15, -0.1) is 0 Å². The summed E-state index contributed by atoms with van der Waals surface area (Å²) in [5, 5.41) is 10.3. The van der Waals surface area contributed by atoms with Crippen LogP contribution in [0, 0.1) is 11.8 Å². The summed E-state index contributed by atoms with van der Waals surface area (Å²) in [5.74, 6) is 0.276. The van der Waals surface area contributed by atoms with E-state index in [4.69, 9.17) is 9.47 Å². The lowest BCUT2D eigenvalue weighted by Crippen LogP contribution is -2.46. The number of ether oxygens (including phenoxy) is 2. The molecule has 134 valence electrons. The van der Waals surface area contributed by atoms with E-state index < -0.39 is 11.7 Å². The molecule has 0 radical (unpaired) electrons. The number of carbonyl (C=O) groups excluding carboxylic acids is 1. The molecular weight excluding hydrogens is 304 g/mol. The van der Waals surface area contributed by atoms with Crippen LogP contribution in [0.1, 0.15) is 60.3 Å². The van der Waals surface area contributed by atoms with Crippen LogP contribution in [0.5, 0.6) is 0 Å². The van der Waals surface area contributed by atoms with Gasteiger partial charge in [0.25, 0.3) is 0 Å². The topological polar surface area (TPSA) is 59.1 Å². The van der Waals surface area contributed by atoms with Crippen molar-refractivity contribution in [2.24, 2.45) is 11.8 Å². The lowest BCUT2D eigenvalue weighted by Gasteiger charge is -2.42. The zero-order valence-electron chi connectivity index (χ0n) is 15.5. The Hall–Kier alpha value is -1.13. The predicted octanol–water partition coefficient (Wildman–Crippen LogP) is 3.54. The Morgan fingerprint density at radius 3 is 2.62 bits per heavy atom. The highest BCUT2D eigenvalue weighted by Crippen LogP contribution is 2.50. The first-order valence-corrected chi connectivity index (χ1v) is 9.10. The Labute approximate surface area is 144 Å². The molecule has 4 heteroatoms. The molecule has 0 spiro atoms. The van der Waals surface area contributed by atoms with E-state index in [-0.39, 0.29) is 23.6 Å². The van der Waals surface area contributed by atoms with Gasteiger partial charge in [0.05, 0.1) is 17.8 Å². The van der Waals surface area contributed by atoms with Crippen LogP contribution in [0.4, 0.5) is 0 Å². The first kappa shape index (κ1) is 17.7. The molecule has 0 saturated carbocycles. The molecule has 0 unspecified atom stereocenters. The average Bonchev–Trinajstić information content (AvgIpc) is 3.03. The van der Waals surface area contributed by atoms with Crippen molar-refractivity contribution in [2.75, 3.05) is 0 Å². The molecule has 2 aliphatic heterocycles. The molecular formula is C20H30O4. The van der Waals surface area contributed by atoms with Crippen LogP contribution in [-0.2, 0) is 14.3 Å². The van der Waals surface area contributed by atoms with Gasteiger partial charge in [0.15, 0.2) is 0 Å². The maximum Gasteiger partial charge on any atom is 0.331 e. The number of aliphatic hydroxyl groups excluding tert-OH is 1. The van der Waals surface area contributed by atoms with Crippen LogP contribution in [0.2, 0.25) is 0 Å². The normalized spacial score (nSPS) is 45.1. The predicted molar refractivity (Wildman–Crippen MR) is 92.4 cm³/mol. The minimum absolute atomic E-state index is 0.0331. The second kappa shape index (κ2) is 5.99. The van der Waals surface area contributed by atoms with Crippen LogP contribution in [-0.4, -0.2) is 34.5 Å². The Balaban J connectivity index is 1.96. The second-order valence-electron chi connectivity index (χ2n) is 8.53. The SMILES string of the molecule is C/C1=C/[C@H](O)C[C@]2(C)O[C@H]2C[C@@]2(C)OC(=O)C=C(C(C)C)[C@@H]2CC1. The Morgan fingerprint density at radius 2 is 1.96 bits per heavy atom. The Bertz CT molecular complexity index is 590. The number of aliphatic hydroxyl groups is 1. The van der Waals surface area contributed by atoms with E-state index in [1.807, 2.05) is 13.0 Å². The number of hydrogen-bond acceptors (Lipinski definition) is 4. The minimum Gasteiger partial charge on any atom is -0.455 e. The van der Waals surface area contributed by atoms with Crippen molar-refractivity contribution in [3.05, 3.63) is 23.3 Å². The first-order chi connectivity index (χ1) is 11.1. The van der Waals surface area contributed by atoms with Gasteiger partial charge in [0.1, 0.15) is 5.60 Å². The van der Waals surface area contributed by atoms with Crippen LogP contribution in [0.25, 0.3) is 0 Å². The number of hydrogen-bond donors (Lipinski definition) is 1. The maximum absolute atomic E-state index is 12.2. The first-order valence-electron chi connectivity index (χ1n) is 9.10. The van der Waals surface area contributed by atoms with Gasteiger partial charge < -0.3 is 14.6 Å². The standard InChI is InChI=1S/C20H30O4/c1-12(2)15-9-18(22)24-19(4)11-17-20(5,23-17)10-14(21)8-13(3)6-7-16(15)19/h8-9,12,14,16-17,21H,6-7,10-11H2,1-5H3/b13-8-/t14-,16-,17-,19+,20-/m0/s1. The highest BCUT2D eigenvalue weighted by atomic mass is 16.6. The van der Waals surface area contributed by atoms with Crippen molar-refractivity contribution >= 4 is 5.97 Å².